The molecule has 0 spiro atoms. The lowest BCUT2D eigenvalue weighted by atomic mass is 10.1. The molecule has 0 bridgehead atoms. The summed E-state index contributed by atoms with van der Waals surface area (Å²) in [7, 11) is 1.64. The number of thiocarbonyl (C=S) groups is 1. The number of benzene rings is 1. The fourth-order valence-electron chi connectivity index (χ4n) is 2.91. The highest BCUT2D eigenvalue weighted by Crippen LogP contribution is 2.32. The first kappa shape index (κ1) is 15.1. The van der Waals surface area contributed by atoms with Crippen molar-refractivity contribution in [2.75, 3.05) is 25.2 Å². The van der Waals surface area contributed by atoms with Crippen LogP contribution in [0.1, 0.15) is 31.2 Å². The molecule has 0 aliphatic heterocycles. The molecule has 0 radical (unpaired) electrons. The molecule has 0 unspecified atom stereocenters. The molecule has 1 saturated carbocycles. The van der Waals surface area contributed by atoms with Crippen molar-refractivity contribution in [3.05, 3.63) is 23.8 Å². The molecule has 0 saturated heterocycles. The molecule has 4 nitrogen and oxygen atoms in total. The Balaban J connectivity index is 2.41. The van der Waals surface area contributed by atoms with E-state index >= 15 is 0 Å². The molecule has 0 amide bonds. The van der Waals surface area contributed by atoms with Crippen LogP contribution in [0.25, 0.3) is 0 Å². The minimum Gasteiger partial charge on any atom is -0.497 e. The van der Waals surface area contributed by atoms with E-state index in [1.54, 1.807) is 7.11 Å². The van der Waals surface area contributed by atoms with Gasteiger partial charge in [0.05, 0.1) is 19.4 Å². The summed E-state index contributed by atoms with van der Waals surface area (Å²) in [4.78, 5) is 2.60. The summed E-state index contributed by atoms with van der Waals surface area (Å²) in [5, 5.41) is 9.38. The van der Waals surface area contributed by atoms with E-state index in [1.165, 1.54) is 12.8 Å². The van der Waals surface area contributed by atoms with E-state index in [1.807, 2.05) is 18.2 Å². The van der Waals surface area contributed by atoms with Crippen molar-refractivity contribution < 1.29 is 9.84 Å². The lowest BCUT2D eigenvalue weighted by Crippen LogP contribution is -2.37. The van der Waals surface area contributed by atoms with Crippen LogP contribution < -0.4 is 15.4 Å². The van der Waals surface area contributed by atoms with Crippen LogP contribution in [0.15, 0.2) is 18.2 Å². The van der Waals surface area contributed by atoms with Gasteiger partial charge < -0.3 is 20.5 Å². The number of hydrogen-bond acceptors (Lipinski definition) is 4. The van der Waals surface area contributed by atoms with E-state index in [0.29, 0.717) is 17.6 Å². The molecule has 1 aromatic carbocycles. The molecule has 0 heterocycles. The molecule has 1 aliphatic rings. The van der Waals surface area contributed by atoms with Crippen molar-refractivity contribution in [2.24, 2.45) is 5.73 Å². The molecule has 0 aromatic heterocycles. The van der Waals surface area contributed by atoms with Gasteiger partial charge in [-0.3, -0.25) is 0 Å². The zero-order chi connectivity index (χ0) is 14.5. The first-order chi connectivity index (χ1) is 9.67. The Labute approximate surface area is 125 Å². The van der Waals surface area contributed by atoms with E-state index in [0.717, 1.165) is 29.8 Å². The summed E-state index contributed by atoms with van der Waals surface area (Å²) in [5.74, 6) is 0.779. The number of methoxy groups -OCH3 is 1. The van der Waals surface area contributed by atoms with E-state index in [9.17, 15) is 5.11 Å². The minimum absolute atomic E-state index is 0.116. The Morgan fingerprint density at radius 2 is 2.15 bits per heavy atom. The Morgan fingerprint density at radius 1 is 1.45 bits per heavy atom. The van der Waals surface area contributed by atoms with Crippen LogP contribution in [-0.2, 0) is 0 Å². The van der Waals surface area contributed by atoms with E-state index in [2.05, 4.69) is 4.90 Å². The van der Waals surface area contributed by atoms with Crippen molar-refractivity contribution in [1.82, 2.24) is 0 Å². The summed E-state index contributed by atoms with van der Waals surface area (Å²) in [6.45, 7) is 0.706. The van der Waals surface area contributed by atoms with Gasteiger partial charge in [0.25, 0.3) is 0 Å². The maximum absolute atomic E-state index is 9.38. The molecular formula is C15H22N2O2S. The van der Waals surface area contributed by atoms with Crippen molar-refractivity contribution in [3.63, 3.8) is 0 Å². The Kier molecular flexibility index (Phi) is 5.20. The van der Waals surface area contributed by atoms with Crippen molar-refractivity contribution in [3.8, 4) is 5.75 Å². The number of nitrogens with zero attached hydrogens (tertiary/aromatic N) is 1. The maximum Gasteiger partial charge on any atom is 0.120 e. The first-order valence-corrected chi connectivity index (χ1v) is 7.43. The number of rotatable bonds is 6. The highest BCUT2D eigenvalue weighted by atomic mass is 32.1. The SMILES string of the molecule is COc1ccc(C(N)=S)c(N(CCO)C2CCCC2)c1. The lowest BCUT2D eigenvalue weighted by molar-refractivity contribution is 0.297. The second-order valence-electron chi connectivity index (χ2n) is 5.10. The zero-order valence-electron chi connectivity index (χ0n) is 11.8. The third-order valence-electron chi connectivity index (χ3n) is 3.89. The average molecular weight is 294 g/mol. The number of nitrogens with two attached hydrogens (primary N) is 1. The predicted molar refractivity (Wildman–Crippen MR) is 85.6 cm³/mol. The lowest BCUT2D eigenvalue weighted by Gasteiger charge is -2.32. The molecule has 0 atom stereocenters. The summed E-state index contributed by atoms with van der Waals surface area (Å²) in [6, 6.07) is 6.17. The second kappa shape index (κ2) is 6.90. The largest absolute Gasteiger partial charge is 0.497 e. The molecular weight excluding hydrogens is 272 g/mol. The molecule has 20 heavy (non-hydrogen) atoms. The molecule has 3 N–H and O–H groups in total. The number of aliphatic hydroxyl groups is 1. The van der Waals surface area contributed by atoms with Crippen molar-refractivity contribution >= 4 is 22.9 Å². The molecule has 1 aliphatic carbocycles. The highest BCUT2D eigenvalue weighted by Gasteiger charge is 2.25. The second-order valence-corrected chi connectivity index (χ2v) is 5.54. The quantitative estimate of drug-likeness (QED) is 0.787. The minimum atomic E-state index is 0.116. The number of anilines is 1. The standard InChI is InChI=1S/C15H22N2O2S/c1-19-12-6-7-13(15(16)20)14(10-12)17(8-9-18)11-4-2-3-5-11/h6-7,10-11,18H,2-5,8-9H2,1H3,(H2,16,20). The van der Waals surface area contributed by atoms with Crippen LogP contribution >= 0.6 is 12.2 Å². The molecule has 1 aromatic rings. The van der Waals surface area contributed by atoms with Gasteiger partial charge in [-0.1, -0.05) is 25.1 Å². The van der Waals surface area contributed by atoms with Crippen molar-refractivity contribution in [2.45, 2.75) is 31.7 Å². The van der Waals surface area contributed by atoms with Crippen LogP contribution in [0.4, 0.5) is 5.69 Å². The van der Waals surface area contributed by atoms with Gasteiger partial charge in [-0.2, -0.15) is 0 Å². The van der Waals surface area contributed by atoms with Crippen LogP contribution in [0, 0.1) is 0 Å². The Bertz CT molecular complexity index is 473. The Hall–Kier alpha value is -1.33. The number of hydrogen-bond donors (Lipinski definition) is 2. The van der Waals surface area contributed by atoms with Crippen LogP contribution in [0.2, 0.25) is 0 Å². The van der Waals surface area contributed by atoms with Gasteiger partial charge in [0.15, 0.2) is 0 Å². The predicted octanol–water partition coefficient (Wildman–Crippen LogP) is 2.07. The first-order valence-electron chi connectivity index (χ1n) is 7.02. The maximum atomic E-state index is 9.38. The molecule has 1 fully saturated rings. The third-order valence-corrected chi connectivity index (χ3v) is 4.11. The monoisotopic (exact) mass is 294 g/mol. The fourth-order valence-corrected chi connectivity index (χ4v) is 3.08. The van der Waals surface area contributed by atoms with Crippen LogP contribution in [0.5, 0.6) is 5.75 Å². The third kappa shape index (κ3) is 3.22. The normalized spacial score (nSPS) is 15.3. The van der Waals surface area contributed by atoms with Gasteiger partial charge in [0, 0.05) is 24.2 Å². The summed E-state index contributed by atoms with van der Waals surface area (Å²) in [6.07, 6.45) is 4.76. The molecule has 2 rings (SSSR count). The summed E-state index contributed by atoms with van der Waals surface area (Å²) in [5.41, 5.74) is 7.66. The van der Waals surface area contributed by atoms with Gasteiger partial charge in [-0.25, -0.2) is 0 Å². The zero-order valence-corrected chi connectivity index (χ0v) is 12.7. The van der Waals surface area contributed by atoms with Gasteiger partial charge in [-0.05, 0) is 25.0 Å². The van der Waals surface area contributed by atoms with Gasteiger partial charge >= 0.3 is 0 Å². The summed E-state index contributed by atoms with van der Waals surface area (Å²) >= 11 is 5.15. The highest BCUT2D eigenvalue weighted by molar-refractivity contribution is 7.80. The molecule has 110 valence electrons. The summed E-state index contributed by atoms with van der Waals surface area (Å²) < 4.78 is 5.31. The fraction of sp³-hybridized carbons (Fsp3) is 0.533. The van der Waals surface area contributed by atoms with Crippen LogP contribution in [-0.4, -0.2) is 36.4 Å². The number of ether oxygens (including phenoxy) is 1. The topological polar surface area (TPSA) is 58.7 Å². The van der Waals surface area contributed by atoms with Crippen molar-refractivity contribution in [1.29, 1.82) is 0 Å². The smallest absolute Gasteiger partial charge is 0.120 e. The van der Waals surface area contributed by atoms with Gasteiger partial charge in [0.1, 0.15) is 10.7 Å². The average Bonchev–Trinajstić information content (AvgIpc) is 2.97. The Morgan fingerprint density at radius 3 is 2.70 bits per heavy atom. The number of aliphatic hydroxyl groups excluding tert-OH is 1. The van der Waals surface area contributed by atoms with E-state index in [-0.39, 0.29) is 6.61 Å². The van der Waals surface area contributed by atoms with E-state index in [4.69, 9.17) is 22.7 Å². The molecule has 5 heteroatoms. The van der Waals surface area contributed by atoms with Crippen LogP contribution in [0.3, 0.4) is 0 Å². The van der Waals surface area contributed by atoms with Gasteiger partial charge in [-0.15, -0.1) is 0 Å². The van der Waals surface area contributed by atoms with Gasteiger partial charge in [0.2, 0.25) is 0 Å². The van der Waals surface area contributed by atoms with E-state index < -0.39 is 0 Å².